The number of nitrogens with one attached hydrogen (secondary N) is 1. The monoisotopic (exact) mass is 253 g/mol. The molecule has 0 aliphatic heterocycles. The highest BCUT2D eigenvalue weighted by Crippen LogP contribution is 2.66. The predicted molar refractivity (Wildman–Crippen MR) is 72.3 cm³/mol. The lowest BCUT2D eigenvalue weighted by Gasteiger charge is -2.38. The van der Waals surface area contributed by atoms with Crippen LogP contribution in [0.1, 0.15) is 52.9 Å². The van der Waals surface area contributed by atoms with Crippen LogP contribution in [-0.4, -0.2) is 25.7 Å². The minimum atomic E-state index is -0.0141. The Morgan fingerprint density at radius 3 is 2.61 bits per heavy atom. The highest BCUT2D eigenvalue weighted by Gasteiger charge is 2.62. The first-order valence-electron chi connectivity index (χ1n) is 7.26. The van der Waals surface area contributed by atoms with Crippen LogP contribution in [0.4, 0.5) is 0 Å². The summed E-state index contributed by atoms with van der Waals surface area (Å²) in [5, 5.41) is 3.06. The summed E-state index contributed by atoms with van der Waals surface area (Å²) in [5.41, 5.74) is 0.513. The van der Waals surface area contributed by atoms with Gasteiger partial charge >= 0.3 is 5.97 Å². The second kappa shape index (κ2) is 4.84. The molecule has 0 aromatic heterocycles. The van der Waals surface area contributed by atoms with Crippen molar-refractivity contribution in [3.8, 4) is 0 Å². The number of esters is 1. The fourth-order valence-corrected chi connectivity index (χ4v) is 3.94. The van der Waals surface area contributed by atoms with Crippen LogP contribution < -0.4 is 5.32 Å². The summed E-state index contributed by atoms with van der Waals surface area (Å²) in [4.78, 5) is 11.9. The van der Waals surface area contributed by atoms with E-state index < -0.39 is 0 Å². The van der Waals surface area contributed by atoms with E-state index in [4.69, 9.17) is 4.74 Å². The molecule has 0 amide bonds. The van der Waals surface area contributed by atoms with E-state index in [1.165, 1.54) is 12.8 Å². The van der Waals surface area contributed by atoms with E-state index in [1.54, 1.807) is 0 Å². The van der Waals surface area contributed by atoms with Gasteiger partial charge in [-0.1, -0.05) is 20.8 Å². The molecule has 0 saturated heterocycles. The molecule has 2 fully saturated rings. The largest absolute Gasteiger partial charge is 0.462 e. The van der Waals surface area contributed by atoms with Gasteiger partial charge in [0.2, 0.25) is 0 Å². The van der Waals surface area contributed by atoms with Gasteiger partial charge in [0.1, 0.15) is 6.10 Å². The number of rotatable bonds is 5. The number of ether oxygens (including phenoxy) is 1. The van der Waals surface area contributed by atoms with Crippen LogP contribution in [0.25, 0.3) is 0 Å². The van der Waals surface area contributed by atoms with Crippen LogP contribution in [0.5, 0.6) is 0 Å². The summed E-state index contributed by atoms with van der Waals surface area (Å²) in [6, 6.07) is 0. The number of fused-ring (bicyclic) bond motifs is 2. The maximum Gasteiger partial charge on any atom is 0.306 e. The third-order valence-corrected chi connectivity index (χ3v) is 5.80. The summed E-state index contributed by atoms with van der Waals surface area (Å²) in [7, 11) is 1.91. The van der Waals surface area contributed by atoms with Crippen LogP contribution in [-0.2, 0) is 9.53 Å². The van der Waals surface area contributed by atoms with Crippen molar-refractivity contribution >= 4 is 5.97 Å². The quantitative estimate of drug-likeness (QED) is 0.605. The summed E-state index contributed by atoms with van der Waals surface area (Å²) in [5.74, 6) is 0.720. The van der Waals surface area contributed by atoms with Crippen molar-refractivity contribution in [2.75, 3.05) is 13.6 Å². The number of hydrogen-bond donors (Lipinski definition) is 1. The van der Waals surface area contributed by atoms with E-state index >= 15 is 0 Å². The van der Waals surface area contributed by atoms with Gasteiger partial charge in [-0.05, 0) is 50.6 Å². The molecule has 3 nitrogen and oxygen atoms in total. The molecule has 18 heavy (non-hydrogen) atoms. The molecule has 0 aromatic carbocycles. The average Bonchev–Trinajstić information content (AvgIpc) is 2.62. The molecule has 2 rings (SSSR count). The molecule has 0 spiro atoms. The van der Waals surface area contributed by atoms with Crippen molar-refractivity contribution in [1.29, 1.82) is 0 Å². The maximum absolute atomic E-state index is 11.9. The first-order valence-corrected chi connectivity index (χ1v) is 7.26. The zero-order chi connectivity index (χ0) is 13.4. The lowest BCUT2D eigenvalue weighted by Crippen LogP contribution is -2.38. The summed E-state index contributed by atoms with van der Waals surface area (Å²) in [6.45, 7) is 7.88. The first-order chi connectivity index (χ1) is 8.41. The smallest absolute Gasteiger partial charge is 0.306 e. The molecule has 3 unspecified atom stereocenters. The molecular formula is C15H27NO2. The van der Waals surface area contributed by atoms with Gasteiger partial charge in [-0.15, -0.1) is 0 Å². The molecular weight excluding hydrogens is 226 g/mol. The molecule has 2 bridgehead atoms. The molecule has 0 aromatic rings. The van der Waals surface area contributed by atoms with Gasteiger partial charge in [-0.2, -0.15) is 0 Å². The second-order valence-electron chi connectivity index (χ2n) is 6.80. The second-order valence-corrected chi connectivity index (χ2v) is 6.80. The van der Waals surface area contributed by atoms with Crippen LogP contribution in [0.15, 0.2) is 0 Å². The Labute approximate surface area is 111 Å². The average molecular weight is 253 g/mol. The van der Waals surface area contributed by atoms with Crippen LogP contribution in [0.2, 0.25) is 0 Å². The van der Waals surface area contributed by atoms with Gasteiger partial charge in [0.25, 0.3) is 0 Å². The SMILES string of the molecule is CNCCCC(=O)OC1CC2CCC1(C)C2(C)C. The number of hydrogen-bond acceptors (Lipinski definition) is 3. The third kappa shape index (κ3) is 2.07. The van der Waals surface area contributed by atoms with Crippen LogP contribution in [0, 0.1) is 16.7 Å². The minimum Gasteiger partial charge on any atom is -0.462 e. The predicted octanol–water partition coefficient (Wildman–Crippen LogP) is 2.74. The maximum atomic E-state index is 11.9. The Morgan fingerprint density at radius 2 is 2.11 bits per heavy atom. The Morgan fingerprint density at radius 1 is 1.39 bits per heavy atom. The summed E-state index contributed by atoms with van der Waals surface area (Å²) in [6.07, 6.45) is 5.13. The van der Waals surface area contributed by atoms with E-state index in [9.17, 15) is 4.79 Å². The fraction of sp³-hybridized carbons (Fsp3) is 0.933. The van der Waals surface area contributed by atoms with Gasteiger partial charge < -0.3 is 10.1 Å². The summed E-state index contributed by atoms with van der Waals surface area (Å²) < 4.78 is 5.76. The molecule has 0 heterocycles. The number of carbonyl (C=O) groups is 1. The van der Waals surface area contributed by atoms with Crippen molar-refractivity contribution in [1.82, 2.24) is 5.32 Å². The normalized spacial score (nSPS) is 36.9. The zero-order valence-corrected chi connectivity index (χ0v) is 12.2. The van der Waals surface area contributed by atoms with Gasteiger partial charge in [0.15, 0.2) is 0 Å². The van der Waals surface area contributed by atoms with E-state index in [1.807, 2.05) is 7.05 Å². The lowest BCUT2D eigenvalue weighted by molar-refractivity contribution is -0.156. The fourth-order valence-electron chi connectivity index (χ4n) is 3.94. The zero-order valence-electron chi connectivity index (χ0n) is 12.2. The van der Waals surface area contributed by atoms with Crippen molar-refractivity contribution in [2.24, 2.45) is 16.7 Å². The molecule has 3 atom stereocenters. The molecule has 2 saturated carbocycles. The lowest BCUT2D eigenvalue weighted by atomic mass is 9.70. The highest BCUT2D eigenvalue weighted by atomic mass is 16.5. The Hall–Kier alpha value is -0.570. The molecule has 104 valence electrons. The molecule has 2 aliphatic carbocycles. The van der Waals surface area contributed by atoms with E-state index in [0.29, 0.717) is 11.8 Å². The third-order valence-electron chi connectivity index (χ3n) is 5.80. The van der Waals surface area contributed by atoms with Crippen molar-refractivity contribution in [3.05, 3.63) is 0 Å². The summed E-state index contributed by atoms with van der Waals surface area (Å²) >= 11 is 0. The van der Waals surface area contributed by atoms with Crippen molar-refractivity contribution in [3.63, 3.8) is 0 Å². The van der Waals surface area contributed by atoms with Crippen molar-refractivity contribution < 1.29 is 9.53 Å². The van der Waals surface area contributed by atoms with Gasteiger partial charge in [0.05, 0.1) is 0 Å². The Kier molecular flexibility index (Phi) is 3.72. The molecule has 1 N–H and O–H groups in total. The topological polar surface area (TPSA) is 38.3 Å². The molecule has 0 radical (unpaired) electrons. The van der Waals surface area contributed by atoms with Gasteiger partial charge in [-0.25, -0.2) is 0 Å². The van der Waals surface area contributed by atoms with Crippen molar-refractivity contribution in [2.45, 2.75) is 59.0 Å². The number of carbonyl (C=O) groups excluding carboxylic acids is 1. The Bertz CT molecular complexity index is 326. The minimum absolute atomic E-state index is 0.0141. The van der Waals surface area contributed by atoms with E-state index in [0.717, 1.165) is 25.3 Å². The van der Waals surface area contributed by atoms with Gasteiger partial charge in [-0.3, -0.25) is 4.79 Å². The first kappa shape index (κ1) is 13.9. The van der Waals surface area contributed by atoms with E-state index in [2.05, 4.69) is 26.1 Å². The highest BCUT2D eigenvalue weighted by molar-refractivity contribution is 5.69. The van der Waals surface area contributed by atoms with Crippen LogP contribution >= 0.6 is 0 Å². The van der Waals surface area contributed by atoms with Crippen LogP contribution in [0.3, 0.4) is 0 Å². The Balaban J connectivity index is 1.90. The molecule has 2 aliphatic rings. The molecule has 3 heteroatoms. The van der Waals surface area contributed by atoms with E-state index in [-0.39, 0.29) is 17.5 Å². The van der Waals surface area contributed by atoms with Gasteiger partial charge in [0, 0.05) is 11.8 Å². The standard InChI is InChI=1S/C15H27NO2/c1-14(2)11-7-8-15(14,3)12(10-11)18-13(17)6-5-9-16-4/h11-12,16H,5-10H2,1-4H3.